The first-order chi connectivity index (χ1) is 9.99. The Bertz CT molecular complexity index is 534. The third-order valence-electron chi connectivity index (χ3n) is 3.67. The fraction of sp³-hybridized carbons (Fsp3) is 0.467. The van der Waals surface area contributed by atoms with Gasteiger partial charge in [0.15, 0.2) is 6.61 Å². The first-order valence-corrected chi connectivity index (χ1v) is 6.89. The molecule has 0 aliphatic carbocycles. The van der Waals surface area contributed by atoms with E-state index < -0.39 is 23.7 Å². The van der Waals surface area contributed by atoms with Gasteiger partial charge in [-0.3, -0.25) is 4.79 Å². The Labute approximate surface area is 122 Å². The number of carbonyl (C=O) groups is 2. The standard InChI is InChI=1S/C15H18FNO4/c1-10-4-3-7-17(14(10)15(19)20)13(18)9-21-12-6-2-5-11(16)8-12/h2,5-6,8,10,14H,3-4,7,9H2,1H3,(H,19,20). The Kier molecular flexibility index (Phi) is 4.77. The van der Waals surface area contributed by atoms with E-state index in [0.717, 1.165) is 12.8 Å². The van der Waals surface area contributed by atoms with Crippen molar-refractivity contribution in [1.29, 1.82) is 0 Å². The van der Waals surface area contributed by atoms with Gasteiger partial charge in [-0.25, -0.2) is 9.18 Å². The number of amides is 1. The minimum absolute atomic E-state index is 0.0885. The average Bonchev–Trinajstić information content (AvgIpc) is 2.44. The molecule has 2 rings (SSSR count). The number of benzene rings is 1. The van der Waals surface area contributed by atoms with Crippen molar-refractivity contribution in [3.8, 4) is 5.75 Å². The molecule has 5 nitrogen and oxygen atoms in total. The molecule has 6 heteroatoms. The molecule has 1 aromatic carbocycles. The Morgan fingerprint density at radius 2 is 2.24 bits per heavy atom. The van der Waals surface area contributed by atoms with Gasteiger partial charge in [0.25, 0.3) is 5.91 Å². The van der Waals surface area contributed by atoms with Crippen LogP contribution in [0.4, 0.5) is 4.39 Å². The molecule has 1 aromatic rings. The number of nitrogens with zero attached hydrogens (tertiary/aromatic N) is 1. The number of hydrogen-bond acceptors (Lipinski definition) is 3. The van der Waals surface area contributed by atoms with Gasteiger partial charge < -0.3 is 14.7 Å². The predicted octanol–water partition coefficient (Wildman–Crippen LogP) is 1.92. The normalized spacial score (nSPS) is 21.9. The Morgan fingerprint density at radius 3 is 2.90 bits per heavy atom. The van der Waals surface area contributed by atoms with Crippen molar-refractivity contribution in [3.05, 3.63) is 30.1 Å². The van der Waals surface area contributed by atoms with Crippen molar-refractivity contribution in [3.63, 3.8) is 0 Å². The lowest BCUT2D eigenvalue weighted by Gasteiger charge is -2.37. The van der Waals surface area contributed by atoms with Crippen LogP contribution in [0.5, 0.6) is 5.75 Å². The quantitative estimate of drug-likeness (QED) is 0.921. The number of carboxylic acid groups (broad SMARTS) is 1. The molecule has 21 heavy (non-hydrogen) atoms. The van der Waals surface area contributed by atoms with Gasteiger partial charge in [-0.15, -0.1) is 0 Å². The van der Waals surface area contributed by atoms with Gasteiger partial charge in [0.2, 0.25) is 0 Å². The highest BCUT2D eigenvalue weighted by molar-refractivity contribution is 5.85. The lowest BCUT2D eigenvalue weighted by molar-refractivity contribution is -0.155. The van der Waals surface area contributed by atoms with Crippen LogP contribution in [-0.2, 0) is 9.59 Å². The number of hydrogen-bond donors (Lipinski definition) is 1. The van der Waals surface area contributed by atoms with E-state index in [1.807, 2.05) is 6.92 Å². The summed E-state index contributed by atoms with van der Waals surface area (Å²) in [4.78, 5) is 24.8. The molecule has 1 saturated heterocycles. The zero-order valence-electron chi connectivity index (χ0n) is 11.8. The van der Waals surface area contributed by atoms with Gasteiger partial charge in [-0.2, -0.15) is 0 Å². The Morgan fingerprint density at radius 1 is 1.48 bits per heavy atom. The SMILES string of the molecule is CC1CCCN(C(=O)COc2cccc(F)c2)C1C(=O)O. The summed E-state index contributed by atoms with van der Waals surface area (Å²) >= 11 is 0. The second-order valence-electron chi connectivity index (χ2n) is 5.24. The lowest BCUT2D eigenvalue weighted by Crippen LogP contribution is -2.53. The second-order valence-corrected chi connectivity index (χ2v) is 5.24. The summed E-state index contributed by atoms with van der Waals surface area (Å²) in [6, 6.07) is 4.67. The molecule has 0 spiro atoms. The number of ether oxygens (including phenoxy) is 1. The van der Waals surface area contributed by atoms with E-state index in [0.29, 0.717) is 6.54 Å². The topological polar surface area (TPSA) is 66.8 Å². The van der Waals surface area contributed by atoms with Gasteiger partial charge in [0.05, 0.1) is 0 Å². The molecule has 0 saturated carbocycles. The van der Waals surface area contributed by atoms with Crippen LogP contribution in [0.15, 0.2) is 24.3 Å². The van der Waals surface area contributed by atoms with Crippen LogP contribution in [0.25, 0.3) is 0 Å². The summed E-state index contributed by atoms with van der Waals surface area (Å²) < 4.78 is 18.3. The van der Waals surface area contributed by atoms with E-state index >= 15 is 0 Å². The molecule has 114 valence electrons. The van der Waals surface area contributed by atoms with Gasteiger partial charge in [0.1, 0.15) is 17.6 Å². The molecule has 2 unspecified atom stereocenters. The summed E-state index contributed by atoms with van der Waals surface area (Å²) in [5.74, 6) is -1.68. The maximum absolute atomic E-state index is 13.0. The first-order valence-electron chi connectivity index (χ1n) is 6.89. The van der Waals surface area contributed by atoms with Crippen LogP contribution in [0.3, 0.4) is 0 Å². The van der Waals surface area contributed by atoms with Crippen LogP contribution in [-0.4, -0.2) is 41.1 Å². The van der Waals surface area contributed by atoms with Crippen molar-refractivity contribution in [2.24, 2.45) is 5.92 Å². The first kappa shape index (κ1) is 15.3. The molecule has 1 heterocycles. The maximum atomic E-state index is 13.0. The van der Waals surface area contributed by atoms with Crippen molar-refractivity contribution < 1.29 is 23.8 Å². The highest BCUT2D eigenvalue weighted by Gasteiger charge is 2.36. The van der Waals surface area contributed by atoms with Crippen LogP contribution in [0.1, 0.15) is 19.8 Å². The fourth-order valence-corrected chi connectivity index (χ4v) is 2.63. The van der Waals surface area contributed by atoms with Gasteiger partial charge in [-0.1, -0.05) is 13.0 Å². The molecule has 1 aliphatic rings. The number of aliphatic carboxylic acids is 1. The smallest absolute Gasteiger partial charge is 0.326 e. The number of carbonyl (C=O) groups excluding carboxylic acids is 1. The fourth-order valence-electron chi connectivity index (χ4n) is 2.63. The summed E-state index contributed by atoms with van der Waals surface area (Å²) in [6.07, 6.45) is 1.56. The third kappa shape index (κ3) is 3.71. The zero-order chi connectivity index (χ0) is 15.4. The number of carboxylic acids is 1. The highest BCUT2D eigenvalue weighted by Crippen LogP contribution is 2.24. The van der Waals surface area contributed by atoms with Gasteiger partial charge in [-0.05, 0) is 30.9 Å². The third-order valence-corrected chi connectivity index (χ3v) is 3.67. The number of piperidine rings is 1. The summed E-state index contributed by atoms with van der Waals surface area (Å²) in [6.45, 7) is 1.94. The number of rotatable bonds is 4. The van der Waals surface area contributed by atoms with Crippen LogP contribution < -0.4 is 4.74 Å². The molecule has 0 aromatic heterocycles. The van der Waals surface area contributed by atoms with Crippen molar-refractivity contribution >= 4 is 11.9 Å². The van der Waals surface area contributed by atoms with E-state index in [2.05, 4.69) is 0 Å². The molecule has 1 fully saturated rings. The van der Waals surface area contributed by atoms with Crippen LogP contribution in [0, 0.1) is 11.7 Å². The van der Waals surface area contributed by atoms with E-state index in [4.69, 9.17) is 4.74 Å². The Hall–Kier alpha value is -2.11. The van der Waals surface area contributed by atoms with E-state index in [1.54, 1.807) is 6.07 Å². The van der Waals surface area contributed by atoms with E-state index in [-0.39, 0.29) is 18.3 Å². The van der Waals surface area contributed by atoms with E-state index in [9.17, 15) is 19.1 Å². The molecule has 1 aliphatic heterocycles. The molecular weight excluding hydrogens is 277 g/mol. The summed E-state index contributed by atoms with van der Waals surface area (Å²) in [5, 5.41) is 9.27. The maximum Gasteiger partial charge on any atom is 0.326 e. The molecule has 0 radical (unpaired) electrons. The minimum Gasteiger partial charge on any atom is -0.484 e. The minimum atomic E-state index is -0.999. The van der Waals surface area contributed by atoms with Crippen molar-refractivity contribution in [2.45, 2.75) is 25.8 Å². The van der Waals surface area contributed by atoms with E-state index in [1.165, 1.54) is 23.1 Å². The van der Waals surface area contributed by atoms with Crippen LogP contribution in [0.2, 0.25) is 0 Å². The number of likely N-dealkylation sites (tertiary alicyclic amines) is 1. The van der Waals surface area contributed by atoms with Crippen molar-refractivity contribution in [1.82, 2.24) is 4.90 Å². The highest BCUT2D eigenvalue weighted by atomic mass is 19.1. The lowest BCUT2D eigenvalue weighted by atomic mass is 9.91. The average molecular weight is 295 g/mol. The Balaban J connectivity index is 2.00. The molecular formula is C15H18FNO4. The van der Waals surface area contributed by atoms with Crippen LogP contribution >= 0.6 is 0 Å². The summed E-state index contributed by atoms with van der Waals surface area (Å²) in [7, 11) is 0. The predicted molar refractivity (Wildman–Crippen MR) is 73.4 cm³/mol. The molecule has 1 N–H and O–H groups in total. The monoisotopic (exact) mass is 295 g/mol. The number of halogens is 1. The summed E-state index contributed by atoms with van der Waals surface area (Å²) in [5.41, 5.74) is 0. The molecule has 1 amide bonds. The van der Waals surface area contributed by atoms with Gasteiger partial charge >= 0.3 is 5.97 Å². The second kappa shape index (κ2) is 6.56. The molecule has 2 atom stereocenters. The molecule has 0 bridgehead atoms. The van der Waals surface area contributed by atoms with Crippen molar-refractivity contribution in [2.75, 3.05) is 13.2 Å². The zero-order valence-corrected chi connectivity index (χ0v) is 11.8. The van der Waals surface area contributed by atoms with Gasteiger partial charge in [0, 0.05) is 12.6 Å². The largest absolute Gasteiger partial charge is 0.484 e.